The van der Waals surface area contributed by atoms with Crippen molar-refractivity contribution in [2.24, 2.45) is 0 Å². The van der Waals surface area contributed by atoms with Crippen LogP contribution in [-0.2, 0) is 4.74 Å². The number of nitrogens with two attached hydrogens (primary N) is 1. The molecule has 5 heteroatoms. The van der Waals surface area contributed by atoms with Crippen LogP contribution in [0.4, 0.5) is 5.69 Å². The molecule has 0 unspecified atom stereocenters. The van der Waals surface area contributed by atoms with Gasteiger partial charge in [-0.15, -0.1) is 0 Å². The first-order valence-corrected chi connectivity index (χ1v) is 6.99. The van der Waals surface area contributed by atoms with E-state index in [0.717, 1.165) is 26.1 Å². The smallest absolute Gasteiger partial charge is 0.340 e. The molecule has 0 amide bonds. The van der Waals surface area contributed by atoms with Gasteiger partial charge in [-0.3, -0.25) is 0 Å². The Labute approximate surface area is 118 Å². The molecule has 0 bridgehead atoms. The standard InChI is InChI=1S/C14H19ClN2O2/c15-11-4-5-12(13(16)10-11)14(18)19-9-3-8-17-6-1-2-7-17/h4-5,10H,1-3,6-9,16H2. The molecule has 0 aliphatic carbocycles. The van der Waals surface area contributed by atoms with Crippen molar-refractivity contribution < 1.29 is 9.53 Å². The Morgan fingerprint density at radius 1 is 1.37 bits per heavy atom. The van der Waals surface area contributed by atoms with Crippen molar-refractivity contribution in [1.82, 2.24) is 4.90 Å². The molecular formula is C14H19ClN2O2. The van der Waals surface area contributed by atoms with E-state index in [0.29, 0.717) is 22.9 Å². The summed E-state index contributed by atoms with van der Waals surface area (Å²) in [4.78, 5) is 14.2. The molecule has 1 aliphatic heterocycles. The maximum atomic E-state index is 11.8. The van der Waals surface area contributed by atoms with Gasteiger partial charge in [0, 0.05) is 17.3 Å². The summed E-state index contributed by atoms with van der Waals surface area (Å²) in [5.74, 6) is -0.379. The number of halogens is 1. The van der Waals surface area contributed by atoms with Crippen molar-refractivity contribution in [2.75, 3.05) is 32.0 Å². The molecule has 1 saturated heterocycles. The predicted octanol–water partition coefficient (Wildman–Crippen LogP) is 2.56. The third kappa shape index (κ3) is 4.11. The van der Waals surface area contributed by atoms with Crippen molar-refractivity contribution in [3.63, 3.8) is 0 Å². The van der Waals surface area contributed by atoms with Crippen molar-refractivity contribution in [2.45, 2.75) is 19.3 Å². The Balaban J connectivity index is 1.74. The molecule has 1 aromatic rings. The predicted molar refractivity (Wildman–Crippen MR) is 76.4 cm³/mol. The molecule has 2 N–H and O–H groups in total. The van der Waals surface area contributed by atoms with Gasteiger partial charge < -0.3 is 15.4 Å². The number of nitrogen functional groups attached to an aromatic ring is 1. The maximum Gasteiger partial charge on any atom is 0.340 e. The number of rotatable bonds is 5. The molecule has 0 radical (unpaired) electrons. The van der Waals surface area contributed by atoms with Crippen LogP contribution < -0.4 is 5.73 Å². The van der Waals surface area contributed by atoms with Gasteiger partial charge in [0.15, 0.2) is 0 Å². The summed E-state index contributed by atoms with van der Waals surface area (Å²) < 4.78 is 5.22. The Morgan fingerprint density at radius 3 is 2.79 bits per heavy atom. The first kappa shape index (κ1) is 14.2. The van der Waals surface area contributed by atoms with Crippen LogP contribution in [0, 0.1) is 0 Å². The molecule has 104 valence electrons. The lowest BCUT2D eigenvalue weighted by atomic mass is 10.2. The SMILES string of the molecule is Nc1cc(Cl)ccc1C(=O)OCCCN1CCCC1. The Kier molecular flexibility index (Phi) is 5.05. The summed E-state index contributed by atoms with van der Waals surface area (Å²) >= 11 is 5.78. The summed E-state index contributed by atoms with van der Waals surface area (Å²) in [6.07, 6.45) is 3.42. The number of esters is 1. The van der Waals surface area contributed by atoms with Gasteiger partial charge in [0.2, 0.25) is 0 Å². The van der Waals surface area contributed by atoms with E-state index >= 15 is 0 Å². The monoisotopic (exact) mass is 282 g/mol. The lowest BCUT2D eigenvalue weighted by Gasteiger charge is -2.14. The van der Waals surface area contributed by atoms with Crippen LogP contribution in [0.3, 0.4) is 0 Å². The number of hydrogen-bond donors (Lipinski definition) is 1. The van der Waals surface area contributed by atoms with Crippen LogP contribution in [0.2, 0.25) is 5.02 Å². The summed E-state index contributed by atoms with van der Waals surface area (Å²) in [6.45, 7) is 3.75. The average molecular weight is 283 g/mol. The van der Waals surface area contributed by atoms with Crippen molar-refractivity contribution in [3.8, 4) is 0 Å². The highest BCUT2D eigenvalue weighted by molar-refractivity contribution is 6.31. The Hall–Kier alpha value is -1.26. The molecule has 0 aromatic heterocycles. The second kappa shape index (κ2) is 6.78. The lowest BCUT2D eigenvalue weighted by molar-refractivity contribution is 0.0492. The quantitative estimate of drug-likeness (QED) is 0.512. The topological polar surface area (TPSA) is 55.6 Å². The molecule has 1 aromatic carbocycles. The number of likely N-dealkylation sites (tertiary alicyclic amines) is 1. The van der Waals surface area contributed by atoms with Gasteiger partial charge in [0.1, 0.15) is 0 Å². The summed E-state index contributed by atoms with van der Waals surface area (Å²) in [5, 5.41) is 0.517. The van der Waals surface area contributed by atoms with Gasteiger partial charge >= 0.3 is 5.97 Å². The molecule has 4 nitrogen and oxygen atoms in total. The number of anilines is 1. The zero-order valence-electron chi connectivity index (χ0n) is 10.9. The van der Waals surface area contributed by atoms with Crippen molar-refractivity contribution >= 4 is 23.3 Å². The summed E-state index contributed by atoms with van der Waals surface area (Å²) in [6, 6.07) is 4.79. The van der Waals surface area contributed by atoms with Gasteiger partial charge in [-0.1, -0.05) is 11.6 Å². The van der Waals surface area contributed by atoms with E-state index in [1.165, 1.54) is 12.8 Å². The fourth-order valence-electron chi connectivity index (χ4n) is 2.26. The van der Waals surface area contributed by atoms with E-state index in [-0.39, 0.29) is 5.97 Å². The molecule has 0 saturated carbocycles. The highest BCUT2D eigenvalue weighted by Gasteiger charge is 2.13. The molecule has 1 fully saturated rings. The van der Waals surface area contributed by atoms with E-state index in [1.54, 1.807) is 18.2 Å². The second-order valence-electron chi connectivity index (χ2n) is 4.77. The van der Waals surface area contributed by atoms with Gasteiger partial charge in [-0.25, -0.2) is 4.79 Å². The first-order chi connectivity index (χ1) is 9.16. The molecule has 0 atom stereocenters. The first-order valence-electron chi connectivity index (χ1n) is 6.61. The highest BCUT2D eigenvalue weighted by Crippen LogP contribution is 2.18. The molecule has 19 heavy (non-hydrogen) atoms. The molecular weight excluding hydrogens is 264 g/mol. The van der Waals surface area contributed by atoms with Crippen LogP contribution >= 0.6 is 11.6 Å². The number of ether oxygens (including phenoxy) is 1. The Bertz CT molecular complexity index is 445. The number of hydrogen-bond acceptors (Lipinski definition) is 4. The largest absolute Gasteiger partial charge is 0.462 e. The van der Waals surface area contributed by atoms with E-state index in [4.69, 9.17) is 22.1 Å². The summed E-state index contributed by atoms with van der Waals surface area (Å²) in [5.41, 5.74) is 6.47. The fraction of sp³-hybridized carbons (Fsp3) is 0.500. The fourth-order valence-corrected chi connectivity index (χ4v) is 2.44. The van der Waals surface area contributed by atoms with Gasteiger partial charge in [-0.2, -0.15) is 0 Å². The number of benzene rings is 1. The van der Waals surface area contributed by atoms with Crippen LogP contribution in [0.1, 0.15) is 29.6 Å². The van der Waals surface area contributed by atoms with Gasteiger partial charge in [-0.05, 0) is 50.6 Å². The van der Waals surface area contributed by atoms with Crippen LogP contribution in [0.25, 0.3) is 0 Å². The maximum absolute atomic E-state index is 11.8. The van der Waals surface area contributed by atoms with Gasteiger partial charge in [0.05, 0.1) is 12.2 Å². The van der Waals surface area contributed by atoms with Crippen LogP contribution in [0.15, 0.2) is 18.2 Å². The molecule has 1 heterocycles. The molecule has 1 aliphatic rings. The van der Waals surface area contributed by atoms with E-state index in [1.807, 2.05) is 0 Å². The Morgan fingerprint density at radius 2 is 2.11 bits per heavy atom. The van der Waals surface area contributed by atoms with Crippen molar-refractivity contribution in [3.05, 3.63) is 28.8 Å². The lowest BCUT2D eigenvalue weighted by Crippen LogP contribution is -2.22. The number of carbonyl (C=O) groups excluding carboxylic acids is 1. The van der Waals surface area contributed by atoms with Gasteiger partial charge in [0.25, 0.3) is 0 Å². The third-order valence-electron chi connectivity index (χ3n) is 3.28. The van der Waals surface area contributed by atoms with Crippen LogP contribution in [0.5, 0.6) is 0 Å². The third-order valence-corrected chi connectivity index (χ3v) is 3.52. The number of nitrogens with zero attached hydrogens (tertiary/aromatic N) is 1. The summed E-state index contributed by atoms with van der Waals surface area (Å²) in [7, 11) is 0. The minimum atomic E-state index is -0.379. The van der Waals surface area contributed by atoms with E-state index in [2.05, 4.69) is 4.90 Å². The van der Waals surface area contributed by atoms with Crippen molar-refractivity contribution in [1.29, 1.82) is 0 Å². The zero-order chi connectivity index (χ0) is 13.7. The average Bonchev–Trinajstić information content (AvgIpc) is 2.87. The second-order valence-corrected chi connectivity index (χ2v) is 5.21. The molecule has 0 spiro atoms. The normalized spacial score (nSPS) is 15.6. The number of carbonyl (C=O) groups is 1. The van der Waals surface area contributed by atoms with E-state index in [9.17, 15) is 4.79 Å². The molecule has 2 rings (SSSR count). The highest BCUT2D eigenvalue weighted by atomic mass is 35.5. The zero-order valence-corrected chi connectivity index (χ0v) is 11.7. The minimum absolute atomic E-state index is 0.358. The van der Waals surface area contributed by atoms with E-state index < -0.39 is 0 Å². The minimum Gasteiger partial charge on any atom is -0.462 e. The van der Waals surface area contributed by atoms with Crippen LogP contribution in [-0.4, -0.2) is 37.1 Å².